The molecule has 5 nitrogen and oxygen atoms in total. The monoisotopic (exact) mass is 377 g/mol. The number of carbonyl (C=O) groups excluding carboxylic acids is 1. The zero-order valence-corrected chi connectivity index (χ0v) is 13.6. The summed E-state index contributed by atoms with van der Waals surface area (Å²) >= 11 is 9.80. The van der Waals surface area contributed by atoms with Gasteiger partial charge in [0.2, 0.25) is 5.91 Å². The van der Waals surface area contributed by atoms with Crippen LogP contribution in [0, 0.1) is 0 Å². The Hall–Kier alpha value is -0.860. The first-order valence-electron chi connectivity index (χ1n) is 5.94. The predicted molar refractivity (Wildman–Crippen MR) is 82.7 cm³/mol. The van der Waals surface area contributed by atoms with E-state index in [2.05, 4.69) is 15.9 Å². The molecule has 1 fully saturated rings. The van der Waals surface area contributed by atoms with Crippen LogP contribution in [0.2, 0.25) is 0 Å². The van der Waals surface area contributed by atoms with Crippen LogP contribution in [0.5, 0.6) is 0 Å². The van der Waals surface area contributed by atoms with Gasteiger partial charge in [0.25, 0.3) is 0 Å². The number of halogens is 1. The van der Waals surface area contributed by atoms with Crippen molar-refractivity contribution in [3.05, 3.63) is 22.6 Å². The van der Waals surface area contributed by atoms with Gasteiger partial charge >= 0.3 is 5.97 Å². The number of thiocarbonyl (C=S) groups is 1. The van der Waals surface area contributed by atoms with Crippen molar-refractivity contribution in [1.82, 2.24) is 4.90 Å². The van der Waals surface area contributed by atoms with E-state index in [0.29, 0.717) is 23.7 Å². The van der Waals surface area contributed by atoms with E-state index < -0.39 is 5.97 Å². The quantitative estimate of drug-likeness (QED) is 0.768. The van der Waals surface area contributed by atoms with Crippen LogP contribution in [0.1, 0.15) is 18.6 Å². The fourth-order valence-electron chi connectivity index (χ4n) is 1.86. The number of amides is 1. The first-order valence-corrected chi connectivity index (χ1v) is 8.02. The third kappa shape index (κ3) is 3.83. The number of hydrogen-bond donors (Lipinski definition) is 1. The molecule has 1 N–H and O–H groups in total. The van der Waals surface area contributed by atoms with E-state index in [0.717, 1.165) is 10.2 Å². The van der Waals surface area contributed by atoms with E-state index in [9.17, 15) is 9.59 Å². The molecule has 2 heterocycles. The number of rotatable bonds is 6. The summed E-state index contributed by atoms with van der Waals surface area (Å²) in [7, 11) is 0. The molecule has 1 amide bonds. The van der Waals surface area contributed by atoms with Crippen LogP contribution in [0.3, 0.4) is 0 Å². The van der Waals surface area contributed by atoms with Crippen LogP contribution < -0.4 is 0 Å². The lowest BCUT2D eigenvalue weighted by molar-refractivity contribution is -0.137. The van der Waals surface area contributed by atoms with Crippen molar-refractivity contribution >= 4 is 56.1 Å². The van der Waals surface area contributed by atoms with Crippen molar-refractivity contribution in [2.75, 3.05) is 6.54 Å². The van der Waals surface area contributed by atoms with Gasteiger partial charge < -0.3 is 9.52 Å². The van der Waals surface area contributed by atoms with Crippen LogP contribution >= 0.6 is 39.9 Å². The Balaban J connectivity index is 1.92. The summed E-state index contributed by atoms with van der Waals surface area (Å²) in [6, 6.07) is 1.82. The van der Waals surface area contributed by atoms with Crippen LogP contribution in [0.4, 0.5) is 0 Å². The average molecular weight is 378 g/mol. The van der Waals surface area contributed by atoms with E-state index in [1.165, 1.54) is 16.7 Å². The highest BCUT2D eigenvalue weighted by atomic mass is 79.9. The predicted octanol–water partition coefficient (Wildman–Crippen LogP) is 2.68. The Morgan fingerprint density at radius 2 is 2.35 bits per heavy atom. The Morgan fingerprint density at radius 3 is 2.95 bits per heavy atom. The van der Waals surface area contributed by atoms with E-state index >= 15 is 0 Å². The molecule has 1 atom stereocenters. The maximum atomic E-state index is 12.2. The molecule has 8 heteroatoms. The third-order valence-electron chi connectivity index (χ3n) is 2.79. The number of nitrogens with zero attached hydrogens (tertiary/aromatic N) is 1. The smallest absolute Gasteiger partial charge is 0.303 e. The molecular formula is C12H12BrNO4S2. The van der Waals surface area contributed by atoms with Crippen molar-refractivity contribution < 1.29 is 19.1 Å². The molecule has 20 heavy (non-hydrogen) atoms. The van der Waals surface area contributed by atoms with Gasteiger partial charge in [0.15, 0.2) is 0 Å². The second-order valence-electron chi connectivity index (χ2n) is 4.29. The highest BCUT2D eigenvalue weighted by Gasteiger charge is 2.37. The topological polar surface area (TPSA) is 70.8 Å². The van der Waals surface area contributed by atoms with E-state index in [1.807, 2.05) is 6.07 Å². The number of carboxylic acid groups (broad SMARTS) is 1. The van der Waals surface area contributed by atoms with Gasteiger partial charge in [-0.1, -0.05) is 24.0 Å². The lowest BCUT2D eigenvalue weighted by Gasteiger charge is -2.14. The van der Waals surface area contributed by atoms with Gasteiger partial charge in [0, 0.05) is 19.4 Å². The third-order valence-corrected chi connectivity index (χ3v) is 4.79. The molecule has 0 aliphatic carbocycles. The minimum atomic E-state index is -0.868. The summed E-state index contributed by atoms with van der Waals surface area (Å²) < 4.78 is 6.65. The Labute approximate surface area is 133 Å². The molecule has 0 saturated carbocycles. The minimum Gasteiger partial charge on any atom is -0.481 e. The number of furan rings is 1. The maximum absolute atomic E-state index is 12.2. The molecule has 1 saturated heterocycles. The summed E-state index contributed by atoms with van der Waals surface area (Å²) in [5, 5.41) is 8.32. The fourth-order valence-corrected chi connectivity index (χ4v) is 3.77. The number of thioether (sulfide) groups is 1. The molecule has 108 valence electrons. The summed E-state index contributed by atoms with van der Waals surface area (Å²) in [5.41, 5.74) is 0. The second-order valence-corrected chi connectivity index (χ2v) is 7.05. The highest BCUT2D eigenvalue weighted by Crippen LogP contribution is 2.31. The van der Waals surface area contributed by atoms with Gasteiger partial charge in [0.05, 0.1) is 9.72 Å². The molecule has 0 bridgehead atoms. The average Bonchev–Trinajstić information content (AvgIpc) is 2.88. The summed E-state index contributed by atoms with van der Waals surface area (Å²) in [4.78, 5) is 24.2. The molecule has 1 aromatic rings. The Morgan fingerprint density at radius 1 is 1.60 bits per heavy atom. The minimum absolute atomic E-state index is 0.0346. The maximum Gasteiger partial charge on any atom is 0.303 e. The Bertz CT molecular complexity index is 545. The van der Waals surface area contributed by atoms with Gasteiger partial charge in [-0.15, -0.1) is 0 Å². The summed E-state index contributed by atoms with van der Waals surface area (Å²) in [6.07, 6.45) is 2.49. The lowest BCUT2D eigenvalue weighted by atomic mass is 10.2. The van der Waals surface area contributed by atoms with Crippen molar-refractivity contribution in [3.8, 4) is 0 Å². The largest absolute Gasteiger partial charge is 0.481 e. The molecule has 1 aliphatic rings. The number of carboxylic acids is 1. The number of hydrogen-bond acceptors (Lipinski definition) is 5. The lowest BCUT2D eigenvalue weighted by Crippen LogP contribution is -2.33. The van der Waals surface area contributed by atoms with Gasteiger partial charge in [-0.05, 0) is 28.4 Å². The van der Waals surface area contributed by atoms with Crippen molar-refractivity contribution in [1.29, 1.82) is 0 Å². The van der Waals surface area contributed by atoms with Gasteiger partial charge in [-0.2, -0.15) is 0 Å². The standard InChI is InChI=1S/C12H12BrNO4S2/c13-7-4-8(18-6-7)5-9-11(17)14(12(19)20-9)3-1-2-10(15)16/h4,6,9H,1-3,5H2,(H,15,16). The van der Waals surface area contributed by atoms with Crippen molar-refractivity contribution in [2.24, 2.45) is 0 Å². The molecule has 0 aromatic carbocycles. The fraction of sp³-hybridized carbons (Fsp3) is 0.417. The SMILES string of the molecule is O=C(O)CCCN1C(=O)C(Cc2cc(Br)co2)SC1=S. The van der Waals surface area contributed by atoms with E-state index in [-0.39, 0.29) is 17.6 Å². The van der Waals surface area contributed by atoms with E-state index in [1.54, 1.807) is 6.26 Å². The van der Waals surface area contributed by atoms with Crippen molar-refractivity contribution in [2.45, 2.75) is 24.5 Å². The van der Waals surface area contributed by atoms with Crippen LogP contribution in [-0.2, 0) is 16.0 Å². The number of carbonyl (C=O) groups is 2. The highest BCUT2D eigenvalue weighted by molar-refractivity contribution is 9.10. The molecule has 0 spiro atoms. The van der Waals surface area contributed by atoms with Crippen LogP contribution in [0.25, 0.3) is 0 Å². The van der Waals surface area contributed by atoms with Gasteiger partial charge in [-0.3, -0.25) is 14.5 Å². The second kappa shape index (κ2) is 6.73. The molecule has 2 rings (SSSR count). The van der Waals surface area contributed by atoms with Gasteiger partial charge in [-0.25, -0.2) is 0 Å². The summed E-state index contributed by atoms with van der Waals surface area (Å²) in [6.45, 7) is 0.356. The summed E-state index contributed by atoms with van der Waals surface area (Å²) in [5.74, 6) is -0.219. The Kier molecular flexibility index (Phi) is 5.22. The van der Waals surface area contributed by atoms with Crippen molar-refractivity contribution in [3.63, 3.8) is 0 Å². The van der Waals surface area contributed by atoms with Crippen LogP contribution in [-0.4, -0.2) is 38.0 Å². The first kappa shape index (κ1) is 15.5. The first-order chi connectivity index (χ1) is 9.47. The molecule has 1 aliphatic heterocycles. The van der Waals surface area contributed by atoms with E-state index in [4.69, 9.17) is 21.7 Å². The van der Waals surface area contributed by atoms with Gasteiger partial charge in [0.1, 0.15) is 16.3 Å². The molecular weight excluding hydrogens is 366 g/mol. The van der Waals surface area contributed by atoms with Crippen LogP contribution in [0.15, 0.2) is 21.2 Å². The molecule has 1 aromatic heterocycles. The normalized spacial score (nSPS) is 18.9. The number of aliphatic carboxylic acids is 1. The zero-order chi connectivity index (χ0) is 14.7. The molecule has 0 radical (unpaired) electrons. The molecule has 1 unspecified atom stereocenters. The zero-order valence-electron chi connectivity index (χ0n) is 10.4.